The third-order valence-electron chi connectivity index (χ3n) is 4.16. The normalized spacial score (nSPS) is 11.2. The van der Waals surface area contributed by atoms with E-state index < -0.39 is 9.84 Å². The Morgan fingerprint density at radius 1 is 0.963 bits per heavy atom. The summed E-state index contributed by atoms with van der Waals surface area (Å²) in [7, 11) is -3.74. The summed E-state index contributed by atoms with van der Waals surface area (Å²) in [6.07, 6.45) is 1.25. The molecule has 3 aromatic rings. The van der Waals surface area contributed by atoms with Gasteiger partial charge in [-0.15, -0.1) is 0 Å². The summed E-state index contributed by atoms with van der Waals surface area (Å²) >= 11 is 5.81. The number of pyridine rings is 1. The maximum absolute atomic E-state index is 12.7. The maximum atomic E-state index is 12.7. The third-order valence-corrected chi connectivity index (χ3v) is 6.08. The van der Waals surface area contributed by atoms with Crippen LogP contribution in [0.3, 0.4) is 0 Å². The molecule has 1 aromatic heterocycles. The number of anilines is 1. The van der Waals surface area contributed by atoms with Gasteiger partial charge in [0.15, 0.2) is 5.03 Å². The molecule has 1 N–H and O–H groups in total. The van der Waals surface area contributed by atoms with Crippen molar-refractivity contribution in [2.24, 2.45) is 0 Å². The minimum atomic E-state index is -3.74. The highest BCUT2D eigenvalue weighted by Crippen LogP contribution is 2.22. The van der Waals surface area contributed by atoms with Crippen LogP contribution in [0.25, 0.3) is 0 Å². The maximum Gasteiger partial charge on any atom is 0.257 e. The Labute approximate surface area is 163 Å². The van der Waals surface area contributed by atoms with Crippen LogP contribution < -0.4 is 5.32 Å². The molecule has 3 rings (SSSR count). The Kier molecular flexibility index (Phi) is 5.30. The first-order valence-electron chi connectivity index (χ1n) is 8.13. The minimum Gasteiger partial charge on any atom is -0.322 e. The molecule has 138 valence electrons. The van der Waals surface area contributed by atoms with E-state index in [1.54, 1.807) is 42.5 Å². The number of aromatic nitrogens is 1. The van der Waals surface area contributed by atoms with Gasteiger partial charge in [0.25, 0.3) is 5.91 Å². The molecule has 0 fully saturated rings. The number of nitrogens with zero attached hydrogens (tertiary/aromatic N) is 1. The highest BCUT2D eigenvalue weighted by atomic mass is 35.5. The molecule has 0 bridgehead atoms. The molecule has 0 unspecified atom stereocenters. The zero-order chi connectivity index (χ0) is 19.6. The summed E-state index contributed by atoms with van der Waals surface area (Å²) in [4.78, 5) is 16.4. The predicted molar refractivity (Wildman–Crippen MR) is 105 cm³/mol. The summed E-state index contributed by atoms with van der Waals surface area (Å²) in [6, 6.07) is 14.4. The summed E-state index contributed by atoms with van der Waals surface area (Å²) in [5.41, 5.74) is 2.73. The number of carbonyl (C=O) groups excluding carboxylic acids is 1. The lowest BCUT2D eigenvalue weighted by Gasteiger charge is -2.08. The van der Waals surface area contributed by atoms with Crippen molar-refractivity contribution in [3.8, 4) is 0 Å². The summed E-state index contributed by atoms with van der Waals surface area (Å²) in [5, 5.41) is 3.16. The Hall–Kier alpha value is -2.70. The first-order valence-corrected chi connectivity index (χ1v) is 9.99. The Morgan fingerprint density at radius 3 is 2.26 bits per heavy atom. The summed E-state index contributed by atoms with van der Waals surface area (Å²) in [5.74, 6) is -0.389. The molecule has 1 amide bonds. The van der Waals surface area contributed by atoms with Gasteiger partial charge in [-0.1, -0.05) is 17.7 Å². The number of nitrogens with one attached hydrogen (secondary N) is 1. The lowest BCUT2D eigenvalue weighted by Crippen LogP contribution is -2.13. The zero-order valence-electron chi connectivity index (χ0n) is 14.7. The SMILES string of the molecule is Cc1ccc(S(=O)(=O)c2ccc(C(=O)Nc3ccc(Cl)cc3)cn2)cc1C. The van der Waals surface area contributed by atoms with Crippen molar-refractivity contribution in [3.63, 3.8) is 0 Å². The van der Waals surface area contributed by atoms with Crippen molar-refractivity contribution in [3.05, 3.63) is 82.5 Å². The quantitative estimate of drug-likeness (QED) is 0.702. The van der Waals surface area contributed by atoms with E-state index in [2.05, 4.69) is 10.3 Å². The van der Waals surface area contributed by atoms with E-state index in [-0.39, 0.29) is 21.4 Å². The number of hydrogen-bond acceptors (Lipinski definition) is 4. The zero-order valence-corrected chi connectivity index (χ0v) is 16.3. The number of benzene rings is 2. The third kappa shape index (κ3) is 4.18. The van der Waals surface area contributed by atoms with E-state index in [0.29, 0.717) is 10.7 Å². The second-order valence-corrected chi connectivity index (χ2v) is 8.43. The molecule has 27 heavy (non-hydrogen) atoms. The number of sulfone groups is 1. The van der Waals surface area contributed by atoms with E-state index >= 15 is 0 Å². The molecule has 0 radical (unpaired) electrons. The molecule has 7 heteroatoms. The van der Waals surface area contributed by atoms with E-state index in [9.17, 15) is 13.2 Å². The smallest absolute Gasteiger partial charge is 0.257 e. The number of halogens is 1. The van der Waals surface area contributed by atoms with Gasteiger partial charge in [0.2, 0.25) is 9.84 Å². The van der Waals surface area contributed by atoms with E-state index in [1.165, 1.54) is 18.3 Å². The Balaban J connectivity index is 1.82. The second-order valence-electron chi connectivity index (χ2n) is 6.10. The molecular formula is C20H17ClN2O3S. The van der Waals surface area contributed by atoms with E-state index in [0.717, 1.165) is 11.1 Å². The van der Waals surface area contributed by atoms with Crippen LogP contribution in [-0.2, 0) is 9.84 Å². The van der Waals surface area contributed by atoms with Crippen LogP contribution >= 0.6 is 11.6 Å². The van der Waals surface area contributed by atoms with Crippen LogP contribution in [0, 0.1) is 13.8 Å². The number of amides is 1. The number of rotatable bonds is 4. The van der Waals surface area contributed by atoms with Crippen LogP contribution in [0.1, 0.15) is 21.5 Å². The minimum absolute atomic E-state index is 0.103. The predicted octanol–water partition coefficient (Wildman–Crippen LogP) is 4.44. The van der Waals surface area contributed by atoms with Gasteiger partial charge in [-0.25, -0.2) is 13.4 Å². The molecule has 0 spiro atoms. The van der Waals surface area contributed by atoms with Gasteiger partial charge in [0.1, 0.15) is 0 Å². The van der Waals surface area contributed by atoms with E-state index in [1.807, 2.05) is 13.8 Å². The van der Waals surface area contributed by atoms with Gasteiger partial charge in [-0.2, -0.15) is 0 Å². The summed E-state index contributed by atoms with van der Waals surface area (Å²) in [6.45, 7) is 3.77. The highest BCUT2D eigenvalue weighted by Gasteiger charge is 2.20. The van der Waals surface area contributed by atoms with Crippen molar-refractivity contribution in [2.45, 2.75) is 23.8 Å². The van der Waals surface area contributed by atoms with Crippen LogP contribution in [-0.4, -0.2) is 19.3 Å². The first kappa shape index (κ1) is 19.1. The highest BCUT2D eigenvalue weighted by molar-refractivity contribution is 7.91. The molecule has 0 atom stereocenters. The van der Waals surface area contributed by atoms with Gasteiger partial charge >= 0.3 is 0 Å². The largest absolute Gasteiger partial charge is 0.322 e. The van der Waals surface area contributed by atoms with Crippen molar-refractivity contribution in [1.82, 2.24) is 4.98 Å². The Bertz CT molecular complexity index is 1090. The van der Waals surface area contributed by atoms with Gasteiger partial charge in [0.05, 0.1) is 10.5 Å². The number of aryl methyl sites for hydroxylation is 2. The van der Waals surface area contributed by atoms with Crippen LogP contribution in [0.15, 0.2) is 70.7 Å². The van der Waals surface area contributed by atoms with E-state index in [4.69, 9.17) is 11.6 Å². The molecule has 2 aromatic carbocycles. The monoisotopic (exact) mass is 400 g/mol. The number of hydrogen-bond donors (Lipinski definition) is 1. The average molecular weight is 401 g/mol. The van der Waals surface area contributed by atoms with Crippen molar-refractivity contribution in [2.75, 3.05) is 5.32 Å². The Morgan fingerprint density at radius 2 is 1.67 bits per heavy atom. The molecule has 5 nitrogen and oxygen atoms in total. The van der Waals surface area contributed by atoms with Crippen molar-refractivity contribution < 1.29 is 13.2 Å². The first-order chi connectivity index (χ1) is 12.8. The molecule has 0 saturated carbocycles. The lowest BCUT2D eigenvalue weighted by molar-refractivity contribution is 0.102. The molecule has 0 aliphatic carbocycles. The van der Waals surface area contributed by atoms with Gasteiger partial charge in [0, 0.05) is 16.9 Å². The molecule has 0 aliphatic rings. The molecule has 0 saturated heterocycles. The fourth-order valence-electron chi connectivity index (χ4n) is 2.41. The number of carbonyl (C=O) groups is 1. The van der Waals surface area contributed by atoms with Gasteiger partial charge < -0.3 is 5.32 Å². The fourth-order valence-corrected chi connectivity index (χ4v) is 3.80. The topological polar surface area (TPSA) is 76.1 Å². The summed E-state index contributed by atoms with van der Waals surface area (Å²) < 4.78 is 25.5. The van der Waals surface area contributed by atoms with Crippen molar-refractivity contribution in [1.29, 1.82) is 0 Å². The molecule has 1 heterocycles. The molecule has 0 aliphatic heterocycles. The van der Waals surface area contributed by atoms with Gasteiger partial charge in [-0.05, 0) is 73.5 Å². The fraction of sp³-hybridized carbons (Fsp3) is 0.100. The average Bonchev–Trinajstić information content (AvgIpc) is 2.66. The van der Waals surface area contributed by atoms with Crippen LogP contribution in [0.4, 0.5) is 5.69 Å². The van der Waals surface area contributed by atoms with Crippen molar-refractivity contribution >= 4 is 33.0 Å². The van der Waals surface area contributed by atoms with Crippen LogP contribution in [0.2, 0.25) is 5.02 Å². The lowest BCUT2D eigenvalue weighted by atomic mass is 10.1. The molecular weight excluding hydrogens is 384 g/mol. The van der Waals surface area contributed by atoms with Gasteiger partial charge in [-0.3, -0.25) is 4.79 Å². The second kappa shape index (κ2) is 7.50. The van der Waals surface area contributed by atoms with Crippen LogP contribution in [0.5, 0.6) is 0 Å². The standard InChI is InChI=1S/C20H17ClN2O3S/c1-13-3-9-18(11-14(13)2)27(25,26)19-10-4-15(12-22-19)20(24)23-17-7-5-16(21)6-8-17/h3-12H,1-2H3,(H,23,24).